The van der Waals surface area contributed by atoms with Gasteiger partial charge in [0.2, 0.25) is 0 Å². The van der Waals surface area contributed by atoms with Gasteiger partial charge in [-0.1, -0.05) is 22.9 Å². The summed E-state index contributed by atoms with van der Waals surface area (Å²) >= 11 is 3.57. The second-order valence-corrected chi connectivity index (χ2v) is 4.66. The van der Waals surface area contributed by atoms with Crippen LogP contribution >= 0.6 is 15.9 Å². The third-order valence-corrected chi connectivity index (χ3v) is 4.31. The number of hydrogen-bond acceptors (Lipinski definition) is 1. The second kappa shape index (κ2) is 2.74. The highest BCUT2D eigenvalue weighted by atomic mass is 79.9. The molecule has 64 valence electrons. The van der Waals surface area contributed by atoms with Crippen molar-refractivity contribution in [1.29, 1.82) is 0 Å². The maximum Gasteiger partial charge on any atom is 0.0497 e. The van der Waals surface area contributed by atoms with Gasteiger partial charge in [0.25, 0.3) is 0 Å². The predicted molar refractivity (Wildman–Crippen MR) is 48.9 cm³/mol. The molecule has 0 N–H and O–H groups in total. The maximum absolute atomic E-state index is 5.43. The topological polar surface area (TPSA) is 9.23 Å². The van der Waals surface area contributed by atoms with E-state index >= 15 is 0 Å². The average Bonchev–Trinajstić information content (AvgIpc) is 2.72. The third-order valence-electron chi connectivity index (χ3n) is 3.53. The first-order chi connectivity index (χ1) is 5.29. The minimum Gasteiger partial charge on any atom is -0.381 e. The molecule has 2 rings (SSSR count). The zero-order valence-corrected chi connectivity index (χ0v) is 8.56. The van der Waals surface area contributed by atoms with E-state index in [9.17, 15) is 0 Å². The Balaban J connectivity index is 2.01. The minimum atomic E-state index is 0.682. The van der Waals surface area contributed by atoms with Crippen molar-refractivity contribution < 1.29 is 4.74 Å². The summed E-state index contributed by atoms with van der Waals surface area (Å²) in [6, 6.07) is 0. The fourth-order valence-electron chi connectivity index (χ4n) is 2.45. The fourth-order valence-corrected chi connectivity index (χ4v) is 3.33. The summed E-state index contributed by atoms with van der Waals surface area (Å²) in [6.45, 7) is 4.32. The molecule has 1 saturated heterocycles. The Morgan fingerprint density at radius 1 is 1.64 bits per heavy atom. The molecular formula is C9H15BrO. The Morgan fingerprint density at radius 3 is 3.00 bits per heavy atom. The Hall–Kier alpha value is 0.440. The van der Waals surface area contributed by atoms with Gasteiger partial charge in [0.15, 0.2) is 0 Å². The molecule has 2 aliphatic rings. The average molecular weight is 219 g/mol. The molecule has 0 radical (unpaired) electrons. The summed E-state index contributed by atoms with van der Waals surface area (Å²) in [5, 5.41) is 1.19. The molecule has 1 aliphatic carbocycles. The van der Waals surface area contributed by atoms with Crippen molar-refractivity contribution in [2.24, 2.45) is 17.3 Å². The van der Waals surface area contributed by atoms with E-state index in [-0.39, 0.29) is 0 Å². The number of hydrogen-bond donors (Lipinski definition) is 0. The molecule has 0 aromatic rings. The van der Waals surface area contributed by atoms with E-state index in [0.29, 0.717) is 5.41 Å². The van der Waals surface area contributed by atoms with Gasteiger partial charge >= 0.3 is 0 Å². The molecular weight excluding hydrogens is 204 g/mol. The highest BCUT2D eigenvalue weighted by Gasteiger charge is 2.57. The van der Waals surface area contributed by atoms with E-state index in [1.807, 2.05) is 0 Å². The number of halogens is 1. The largest absolute Gasteiger partial charge is 0.381 e. The fraction of sp³-hybridized carbons (Fsp3) is 1.00. The lowest BCUT2D eigenvalue weighted by Crippen LogP contribution is -2.28. The van der Waals surface area contributed by atoms with Crippen molar-refractivity contribution in [3.8, 4) is 0 Å². The van der Waals surface area contributed by atoms with Crippen molar-refractivity contribution in [3.63, 3.8) is 0 Å². The lowest BCUT2D eigenvalue weighted by molar-refractivity contribution is 0.00840. The van der Waals surface area contributed by atoms with E-state index in [1.165, 1.54) is 18.2 Å². The first-order valence-electron chi connectivity index (χ1n) is 4.43. The van der Waals surface area contributed by atoms with Crippen LogP contribution in [0.2, 0.25) is 0 Å². The Morgan fingerprint density at radius 2 is 2.45 bits per heavy atom. The molecule has 2 fully saturated rings. The molecule has 1 spiro atoms. The predicted octanol–water partition coefficient (Wildman–Crippen LogP) is 2.44. The molecule has 0 aromatic carbocycles. The molecule has 1 nitrogen and oxygen atoms in total. The quantitative estimate of drug-likeness (QED) is 0.615. The lowest BCUT2D eigenvalue weighted by atomic mass is 9.84. The summed E-state index contributed by atoms with van der Waals surface area (Å²) in [4.78, 5) is 0. The Bertz CT molecular complexity index is 160. The van der Waals surface area contributed by atoms with Crippen LogP contribution in [0.15, 0.2) is 0 Å². The van der Waals surface area contributed by atoms with Crippen LogP contribution in [-0.4, -0.2) is 18.5 Å². The van der Waals surface area contributed by atoms with Crippen molar-refractivity contribution in [1.82, 2.24) is 0 Å². The standard InChI is InChI=1S/C9H15BrO/c1-7-6-11-3-2-9(7)4-8(9)5-10/h7-8H,2-6H2,1H3. The molecule has 0 bridgehead atoms. The van der Waals surface area contributed by atoms with Crippen LogP contribution in [-0.2, 0) is 4.74 Å². The molecule has 1 heterocycles. The van der Waals surface area contributed by atoms with E-state index < -0.39 is 0 Å². The van der Waals surface area contributed by atoms with Crippen LogP contribution in [0, 0.1) is 17.3 Å². The van der Waals surface area contributed by atoms with E-state index in [4.69, 9.17) is 4.74 Å². The summed E-state index contributed by atoms with van der Waals surface area (Å²) in [5.41, 5.74) is 0.682. The van der Waals surface area contributed by atoms with Crippen LogP contribution in [0.25, 0.3) is 0 Å². The lowest BCUT2D eigenvalue weighted by Gasteiger charge is -2.30. The normalized spacial score (nSPS) is 49.6. The van der Waals surface area contributed by atoms with Gasteiger partial charge in [0.1, 0.15) is 0 Å². The van der Waals surface area contributed by atoms with Crippen molar-refractivity contribution in [3.05, 3.63) is 0 Å². The molecule has 3 unspecified atom stereocenters. The number of alkyl halides is 1. The maximum atomic E-state index is 5.43. The van der Waals surface area contributed by atoms with Gasteiger partial charge in [-0.25, -0.2) is 0 Å². The molecule has 0 amide bonds. The van der Waals surface area contributed by atoms with Crippen molar-refractivity contribution >= 4 is 15.9 Å². The third kappa shape index (κ3) is 1.15. The van der Waals surface area contributed by atoms with Gasteiger partial charge in [0, 0.05) is 18.5 Å². The second-order valence-electron chi connectivity index (χ2n) is 4.01. The first-order valence-corrected chi connectivity index (χ1v) is 5.55. The summed E-state index contributed by atoms with van der Waals surface area (Å²) in [6.07, 6.45) is 2.73. The summed E-state index contributed by atoms with van der Waals surface area (Å²) in [7, 11) is 0. The van der Waals surface area contributed by atoms with Crippen LogP contribution in [0.3, 0.4) is 0 Å². The molecule has 1 aliphatic heterocycles. The summed E-state index contributed by atoms with van der Waals surface area (Å²) < 4.78 is 5.43. The van der Waals surface area contributed by atoms with Crippen LogP contribution < -0.4 is 0 Å². The van der Waals surface area contributed by atoms with Gasteiger partial charge < -0.3 is 4.74 Å². The molecule has 1 saturated carbocycles. The summed E-state index contributed by atoms with van der Waals surface area (Å²) in [5.74, 6) is 1.74. The van der Waals surface area contributed by atoms with Gasteiger partial charge in [-0.05, 0) is 30.1 Å². The van der Waals surface area contributed by atoms with Gasteiger partial charge in [-0.2, -0.15) is 0 Å². The van der Waals surface area contributed by atoms with Crippen LogP contribution in [0.1, 0.15) is 19.8 Å². The van der Waals surface area contributed by atoms with Gasteiger partial charge in [0.05, 0.1) is 0 Å². The zero-order chi connectivity index (χ0) is 7.90. The van der Waals surface area contributed by atoms with E-state index in [1.54, 1.807) is 0 Å². The molecule has 11 heavy (non-hydrogen) atoms. The van der Waals surface area contributed by atoms with Crippen molar-refractivity contribution in [2.45, 2.75) is 19.8 Å². The zero-order valence-electron chi connectivity index (χ0n) is 6.98. The number of ether oxygens (including phenoxy) is 1. The Kier molecular flexibility index (Phi) is 2.00. The first kappa shape index (κ1) is 8.06. The number of rotatable bonds is 1. The monoisotopic (exact) mass is 218 g/mol. The highest BCUT2D eigenvalue weighted by Crippen LogP contribution is 2.62. The molecule has 0 aromatic heterocycles. The van der Waals surface area contributed by atoms with E-state index in [2.05, 4.69) is 22.9 Å². The van der Waals surface area contributed by atoms with Crippen molar-refractivity contribution in [2.75, 3.05) is 18.5 Å². The van der Waals surface area contributed by atoms with Gasteiger partial charge in [-0.15, -0.1) is 0 Å². The molecule has 2 heteroatoms. The Labute approximate surface area is 76.6 Å². The van der Waals surface area contributed by atoms with Gasteiger partial charge in [-0.3, -0.25) is 0 Å². The minimum absolute atomic E-state index is 0.682. The van der Waals surface area contributed by atoms with Crippen LogP contribution in [0.5, 0.6) is 0 Å². The SMILES string of the molecule is CC1COCCC12CC2CBr. The highest BCUT2D eigenvalue weighted by molar-refractivity contribution is 9.09. The van der Waals surface area contributed by atoms with E-state index in [0.717, 1.165) is 25.0 Å². The van der Waals surface area contributed by atoms with Crippen LogP contribution in [0.4, 0.5) is 0 Å². The molecule has 3 atom stereocenters. The smallest absolute Gasteiger partial charge is 0.0497 e.